The molecule has 6 heteroatoms. The second-order valence-corrected chi connectivity index (χ2v) is 7.63. The van der Waals surface area contributed by atoms with Crippen LogP contribution in [-0.4, -0.2) is 46.2 Å². The zero-order valence-electron chi connectivity index (χ0n) is 13.6. The van der Waals surface area contributed by atoms with Gasteiger partial charge in [-0.3, -0.25) is 4.79 Å². The Morgan fingerprint density at radius 1 is 1.29 bits per heavy atom. The average molecular weight is 371 g/mol. The molecule has 0 spiro atoms. The largest absolute Gasteiger partial charge is 0.380 e. The number of ketones is 1. The Morgan fingerprint density at radius 3 is 2.38 bits per heavy atom. The van der Waals surface area contributed by atoms with Crippen molar-refractivity contribution >= 4 is 29.0 Å². The lowest BCUT2D eigenvalue weighted by Gasteiger charge is -2.42. The normalized spacial score (nSPS) is 40.0. The molecule has 0 unspecified atom stereocenters. The Morgan fingerprint density at radius 2 is 1.88 bits per heavy atom. The number of fused-ring (bicyclic) bond motifs is 2. The number of hydrogen-bond acceptors (Lipinski definition) is 4. The monoisotopic (exact) mass is 370 g/mol. The van der Waals surface area contributed by atoms with Crippen LogP contribution >= 0.6 is 23.2 Å². The molecule has 0 radical (unpaired) electrons. The van der Waals surface area contributed by atoms with Crippen LogP contribution < -0.4 is 0 Å². The minimum absolute atomic E-state index is 0.0280. The van der Waals surface area contributed by atoms with Gasteiger partial charge in [-0.2, -0.15) is 0 Å². The number of benzene rings is 1. The van der Waals surface area contributed by atoms with Gasteiger partial charge in [0.1, 0.15) is 4.87 Å². The Bertz CT molecular complexity index is 675. The first-order valence-electron chi connectivity index (χ1n) is 7.70. The van der Waals surface area contributed by atoms with Crippen molar-refractivity contribution in [3.05, 3.63) is 48.6 Å². The quantitative estimate of drug-likeness (QED) is 0.491. The van der Waals surface area contributed by atoms with Crippen LogP contribution in [0.5, 0.6) is 0 Å². The SMILES string of the molecule is C=CC[C@@]1(O)C(=O)[C@]2(Cl)[C@H](c3ccccc3)C[C@@]1(Cl)C2(OC)OC. The van der Waals surface area contributed by atoms with Gasteiger partial charge in [0.15, 0.2) is 16.3 Å². The Balaban J connectivity index is 2.26. The topological polar surface area (TPSA) is 55.8 Å². The number of hydrogen-bond donors (Lipinski definition) is 1. The fourth-order valence-electron chi connectivity index (χ4n) is 4.50. The number of ether oxygens (including phenoxy) is 2. The van der Waals surface area contributed by atoms with Crippen LogP contribution in [0.15, 0.2) is 43.0 Å². The molecule has 1 N–H and O–H groups in total. The van der Waals surface area contributed by atoms with Gasteiger partial charge in [0.05, 0.1) is 0 Å². The van der Waals surface area contributed by atoms with E-state index in [0.717, 1.165) is 5.56 Å². The van der Waals surface area contributed by atoms with Crippen molar-refractivity contribution in [1.82, 2.24) is 0 Å². The molecule has 4 nitrogen and oxygen atoms in total. The first kappa shape index (κ1) is 17.9. The third kappa shape index (κ3) is 1.68. The van der Waals surface area contributed by atoms with E-state index in [0.29, 0.717) is 0 Å². The third-order valence-corrected chi connectivity index (χ3v) is 6.94. The smallest absolute Gasteiger partial charge is 0.218 e. The van der Waals surface area contributed by atoms with Crippen LogP contribution in [0.25, 0.3) is 0 Å². The van der Waals surface area contributed by atoms with Crippen molar-refractivity contribution in [3.63, 3.8) is 0 Å². The van der Waals surface area contributed by atoms with Crippen LogP contribution in [0.4, 0.5) is 0 Å². The fraction of sp³-hybridized carbons (Fsp3) is 0.500. The molecule has 2 saturated carbocycles. The minimum Gasteiger partial charge on any atom is -0.380 e. The number of Topliss-reactive ketones (excluding diaryl/α,β-unsaturated/α-hetero) is 1. The lowest BCUT2D eigenvalue weighted by atomic mass is 9.73. The standard InChI is InChI=1S/C18H20Cl2O4/c1-4-10-15(22)14(21)17(20)13(12-8-6-5-7-9-12)11-16(15,19)18(17,23-2)24-3/h4-9,13,22H,1,10-11H2,2-3H3/t13-,15+,16-,17+/m0/s1. The second kappa shape index (κ2) is 5.55. The molecule has 2 aliphatic carbocycles. The molecule has 0 heterocycles. The Labute approximate surface area is 151 Å². The van der Waals surface area contributed by atoms with Crippen LogP contribution in [0.3, 0.4) is 0 Å². The van der Waals surface area contributed by atoms with Crippen molar-refractivity contribution in [1.29, 1.82) is 0 Å². The van der Waals surface area contributed by atoms with E-state index in [1.807, 2.05) is 30.3 Å². The van der Waals surface area contributed by atoms with Crippen molar-refractivity contribution in [2.75, 3.05) is 14.2 Å². The summed E-state index contributed by atoms with van der Waals surface area (Å²) < 4.78 is 11.2. The van der Waals surface area contributed by atoms with Crippen LogP contribution in [0.1, 0.15) is 24.3 Å². The molecule has 0 aromatic heterocycles. The van der Waals surface area contributed by atoms with Gasteiger partial charge in [0.2, 0.25) is 5.79 Å². The lowest BCUT2D eigenvalue weighted by molar-refractivity contribution is -0.230. The van der Waals surface area contributed by atoms with Gasteiger partial charge in [-0.15, -0.1) is 29.8 Å². The number of alkyl halides is 2. The summed E-state index contributed by atoms with van der Waals surface area (Å²) in [4.78, 5) is 10.1. The molecule has 2 bridgehead atoms. The van der Waals surface area contributed by atoms with Crippen LogP contribution in [0, 0.1) is 0 Å². The highest BCUT2D eigenvalue weighted by Gasteiger charge is 2.90. The van der Waals surface area contributed by atoms with E-state index in [1.54, 1.807) is 0 Å². The summed E-state index contributed by atoms with van der Waals surface area (Å²) in [6, 6.07) is 9.37. The van der Waals surface area contributed by atoms with Crippen molar-refractivity contribution in [3.8, 4) is 0 Å². The number of carbonyl (C=O) groups excluding carboxylic acids is 1. The van der Waals surface area contributed by atoms with Crippen molar-refractivity contribution in [2.24, 2.45) is 0 Å². The number of methoxy groups -OCH3 is 2. The highest BCUT2D eigenvalue weighted by atomic mass is 35.5. The summed E-state index contributed by atoms with van der Waals surface area (Å²) >= 11 is 13.8. The number of carbonyl (C=O) groups is 1. The first-order valence-corrected chi connectivity index (χ1v) is 8.46. The van der Waals surface area contributed by atoms with Crippen LogP contribution in [0.2, 0.25) is 0 Å². The van der Waals surface area contributed by atoms with Crippen molar-refractivity contribution in [2.45, 2.75) is 39.9 Å². The summed E-state index contributed by atoms with van der Waals surface area (Å²) in [5.74, 6) is -2.69. The maximum Gasteiger partial charge on any atom is 0.218 e. The molecular formula is C18H20Cl2O4. The van der Waals surface area contributed by atoms with E-state index >= 15 is 0 Å². The molecule has 2 fully saturated rings. The van der Waals surface area contributed by atoms with Gasteiger partial charge in [0, 0.05) is 26.6 Å². The molecule has 0 amide bonds. The van der Waals surface area contributed by atoms with Gasteiger partial charge in [-0.1, -0.05) is 36.4 Å². The first-order chi connectivity index (χ1) is 11.3. The zero-order chi connectivity index (χ0) is 17.8. The third-order valence-electron chi connectivity index (χ3n) is 5.54. The Hall–Kier alpha value is -0.910. The maximum absolute atomic E-state index is 13.2. The van der Waals surface area contributed by atoms with E-state index in [4.69, 9.17) is 32.7 Å². The van der Waals surface area contributed by atoms with E-state index in [9.17, 15) is 9.90 Å². The molecule has 24 heavy (non-hydrogen) atoms. The summed E-state index contributed by atoms with van der Waals surface area (Å²) in [7, 11) is 2.77. The maximum atomic E-state index is 13.2. The molecule has 2 aliphatic rings. The fourth-order valence-corrected chi connectivity index (χ4v) is 5.85. The molecule has 0 aliphatic heterocycles. The molecular weight excluding hydrogens is 351 g/mol. The predicted octanol–water partition coefficient (Wildman–Crippen LogP) is 3.01. The summed E-state index contributed by atoms with van der Waals surface area (Å²) in [5, 5.41) is 11.1. The molecule has 1 aromatic carbocycles. The molecule has 4 atom stereocenters. The average Bonchev–Trinajstić information content (AvgIpc) is 2.86. The van der Waals surface area contributed by atoms with Crippen molar-refractivity contribution < 1.29 is 19.4 Å². The highest BCUT2D eigenvalue weighted by molar-refractivity contribution is 6.45. The second-order valence-electron chi connectivity index (χ2n) is 6.39. The molecule has 1 aromatic rings. The van der Waals surface area contributed by atoms with E-state index < -0.39 is 32.8 Å². The molecule has 3 rings (SSSR count). The lowest BCUT2D eigenvalue weighted by Crippen LogP contribution is -2.60. The zero-order valence-corrected chi connectivity index (χ0v) is 15.1. The Kier molecular flexibility index (Phi) is 4.14. The van der Waals surface area contributed by atoms with Crippen LogP contribution in [-0.2, 0) is 14.3 Å². The van der Waals surface area contributed by atoms with Gasteiger partial charge in [-0.05, 0) is 12.0 Å². The number of aliphatic hydroxyl groups is 1. The summed E-state index contributed by atoms with van der Waals surface area (Å²) in [6.45, 7) is 3.62. The number of rotatable bonds is 5. The number of halogens is 2. The van der Waals surface area contributed by atoms with Gasteiger partial charge in [-0.25, -0.2) is 0 Å². The predicted molar refractivity (Wildman–Crippen MR) is 92.5 cm³/mol. The highest BCUT2D eigenvalue weighted by Crippen LogP contribution is 2.72. The van der Waals surface area contributed by atoms with Gasteiger partial charge in [0.25, 0.3) is 0 Å². The van der Waals surface area contributed by atoms with Gasteiger partial charge >= 0.3 is 0 Å². The summed E-state index contributed by atoms with van der Waals surface area (Å²) in [5.41, 5.74) is -1.06. The van der Waals surface area contributed by atoms with E-state index in [1.165, 1.54) is 20.3 Å². The minimum atomic E-state index is -1.91. The van der Waals surface area contributed by atoms with Gasteiger partial charge < -0.3 is 14.6 Å². The summed E-state index contributed by atoms with van der Waals surface area (Å²) in [6.07, 6.45) is 1.66. The van der Waals surface area contributed by atoms with E-state index in [-0.39, 0.29) is 12.8 Å². The molecule has 0 saturated heterocycles. The van der Waals surface area contributed by atoms with E-state index in [2.05, 4.69) is 6.58 Å². The molecule has 130 valence electrons.